The Morgan fingerprint density at radius 2 is 1.88 bits per heavy atom. The summed E-state index contributed by atoms with van der Waals surface area (Å²) in [6.07, 6.45) is 3.13. The third kappa shape index (κ3) is 3.78. The summed E-state index contributed by atoms with van der Waals surface area (Å²) in [6, 6.07) is 3.20. The Bertz CT molecular complexity index is 723. The van der Waals surface area contributed by atoms with Gasteiger partial charge in [-0.15, -0.1) is 0 Å². The first-order chi connectivity index (χ1) is 12.4. The monoisotopic (exact) mass is 357 g/mol. The molecule has 26 heavy (non-hydrogen) atoms. The SMILES string of the molecule is C=C(C)[C@@H]1CC(C)=C[C@H]1c1c(O)cc(CC(=O)N2CCOCC2)cc1O. The number of rotatable bonds is 4. The molecule has 0 radical (unpaired) electrons. The van der Waals surface area contributed by atoms with Gasteiger partial charge in [0.1, 0.15) is 11.5 Å². The molecule has 1 aromatic carbocycles. The molecule has 0 unspecified atom stereocenters. The number of carbonyl (C=O) groups excluding carboxylic acids is 1. The molecule has 5 heteroatoms. The average molecular weight is 357 g/mol. The van der Waals surface area contributed by atoms with Crippen molar-refractivity contribution >= 4 is 5.91 Å². The van der Waals surface area contributed by atoms with E-state index in [0.717, 1.165) is 12.0 Å². The Labute approximate surface area is 154 Å². The molecule has 1 aliphatic carbocycles. The number of nitrogens with zero attached hydrogens (tertiary/aromatic N) is 1. The van der Waals surface area contributed by atoms with Crippen LogP contribution in [0.15, 0.2) is 35.9 Å². The summed E-state index contributed by atoms with van der Waals surface area (Å²) in [7, 11) is 0. The number of hydrogen-bond donors (Lipinski definition) is 2. The Morgan fingerprint density at radius 3 is 2.46 bits per heavy atom. The van der Waals surface area contributed by atoms with Crippen molar-refractivity contribution in [1.82, 2.24) is 4.90 Å². The number of benzene rings is 1. The van der Waals surface area contributed by atoms with E-state index >= 15 is 0 Å². The number of carbonyl (C=O) groups is 1. The van der Waals surface area contributed by atoms with Gasteiger partial charge in [-0.2, -0.15) is 0 Å². The topological polar surface area (TPSA) is 70.0 Å². The Kier molecular flexibility index (Phi) is 5.37. The minimum absolute atomic E-state index is 0.0173. The molecule has 0 saturated carbocycles. The number of phenolic OH excluding ortho intramolecular Hbond substituents is 2. The number of allylic oxidation sites excluding steroid dienone is 3. The molecule has 1 saturated heterocycles. The molecule has 1 aliphatic heterocycles. The van der Waals surface area contributed by atoms with Crippen LogP contribution >= 0.6 is 0 Å². The number of phenols is 2. The normalized spacial score (nSPS) is 23.0. The fourth-order valence-corrected chi connectivity index (χ4v) is 3.95. The van der Waals surface area contributed by atoms with Gasteiger partial charge >= 0.3 is 0 Å². The highest BCUT2D eigenvalue weighted by molar-refractivity contribution is 5.79. The molecule has 5 nitrogen and oxygen atoms in total. The summed E-state index contributed by atoms with van der Waals surface area (Å²) in [5.74, 6) is 0.148. The van der Waals surface area contributed by atoms with Gasteiger partial charge in [-0.25, -0.2) is 0 Å². The summed E-state index contributed by atoms with van der Waals surface area (Å²) in [6.45, 7) is 10.4. The summed E-state index contributed by atoms with van der Waals surface area (Å²) < 4.78 is 5.26. The van der Waals surface area contributed by atoms with Crippen molar-refractivity contribution in [2.24, 2.45) is 5.92 Å². The molecule has 1 aromatic rings. The van der Waals surface area contributed by atoms with E-state index < -0.39 is 0 Å². The first kappa shape index (κ1) is 18.5. The lowest BCUT2D eigenvalue weighted by Gasteiger charge is -2.27. The lowest BCUT2D eigenvalue weighted by molar-refractivity contribution is -0.134. The van der Waals surface area contributed by atoms with E-state index in [1.54, 1.807) is 17.0 Å². The van der Waals surface area contributed by atoms with Crippen LogP contribution < -0.4 is 0 Å². The highest BCUT2D eigenvalue weighted by Gasteiger charge is 2.32. The third-order valence-electron chi connectivity index (χ3n) is 5.32. The summed E-state index contributed by atoms with van der Waals surface area (Å²) >= 11 is 0. The van der Waals surface area contributed by atoms with Crippen LogP contribution in [-0.4, -0.2) is 47.3 Å². The predicted molar refractivity (Wildman–Crippen MR) is 100 cm³/mol. The van der Waals surface area contributed by atoms with Gasteiger partial charge in [0.2, 0.25) is 5.91 Å². The second kappa shape index (κ2) is 7.54. The number of amides is 1. The van der Waals surface area contributed by atoms with Gasteiger partial charge in [0.25, 0.3) is 0 Å². The highest BCUT2D eigenvalue weighted by atomic mass is 16.5. The minimum Gasteiger partial charge on any atom is -0.507 e. The molecule has 0 bridgehead atoms. The maximum Gasteiger partial charge on any atom is 0.227 e. The van der Waals surface area contributed by atoms with Gasteiger partial charge in [-0.1, -0.05) is 23.8 Å². The maximum absolute atomic E-state index is 12.4. The van der Waals surface area contributed by atoms with Crippen molar-refractivity contribution in [3.8, 4) is 11.5 Å². The third-order valence-corrected chi connectivity index (χ3v) is 5.32. The predicted octanol–water partition coefficient (Wildman–Crippen LogP) is 3.13. The Balaban J connectivity index is 1.82. The van der Waals surface area contributed by atoms with E-state index in [1.165, 1.54) is 5.57 Å². The number of aromatic hydroxyl groups is 2. The Morgan fingerprint density at radius 1 is 1.27 bits per heavy atom. The zero-order valence-electron chi connectivity index (χ0n) is 15.5. The molecule has 3 rings (SSSR count). The molecule has 140 valence electrons. The second-order valence-electron chi connectivity index (χ2n) is 7.41. The van der Waals surface area contributed by atoms with Gasteiger partial charge in [0, 0.05) is 24.6 Å². The van der Waals surface area contributed by atoms with E-state index in [0.29, 0.717) is 37.4 Å². The zero-order valence-corrected chi connectivity index (χ0v) is 15.5. The average Bonchev–Trinajstić information content (AvgIpc) is 2.96. The van der Waals surface area contributed by atoms with Crippen molar-refractivity contribution in [1.29, 1.82) is 0 Å². The minimum atomic E-state index is -0.0866. The molecular formula is C21H27NO4. The van der Waals surface area contributed by atoms with Crippen LogP contribution in [-0.2, 0) is 16.0 Å². The summed E-state index contributed by atoms with van der Waals surface area (Å²) in [4.78, 5) is 14.2. The number of morpholine rings is 1. The smallest absolute Gasteiger partial charge is 0.227 e. The van der Waals surface area contributed by atoms with Gasteiger partial charge in [0.05, 0.1) is 19.6 Å². The molecule has 1 heterocycles. The van der Waals surface area contributed by atoms with Crippen LogP contribution in [0.1, 0.15) is 37.3 Å². The molecule has 1 fully saturated rings. The first-order valence-electron chi connectivity index (χ1n) is 9.09. The summed E-state index contributed by atoms with van der Waals surface area (Å²) in [5.41, 5.74) is 3.41. The second-order valence-corrected chi connectivity index (χ2v) is 7.41. The highest BCUT2D eigenvalue weighted by Crippen LogP contribution is 2.47. The number of hydrogen-bond acceptors (Lipinski definition) is 4. The van der Waals surface area contributed by atoms with E-state index in [4.69, 9.17) is 4.74 Å². The molecule has 2 N–H and O–H groups in total. The molecular weight excluding hydrogens is 330 g/mol. The van der Waals surface area contributed by atoms with E-state index in [-0.39, 0.29) is 35.7 Å². The standard InChI is InChI=1S/C21H27NO4/c1-13(2)16-8-14(3)9-17(16)21-18(23)10-15(11-19(21)24)12-20(25)22-4-6-26-7-5-22/h9-11,16-17,23-24H,1,4-8,12H2,2-3H3/t16-,17+/m0/s1. The van der Waals surface area contributed by atoms with Gasteiger partial charge in [0.15, 0.2) is 0 Å². The van der Waals surface area contributed by atoms with Crippen LogP contribution in [0.4, 0.5) is 0 Å². The maximum atomic E-state index is 12.4. The largest absolute Gasteiger partial charge is 0.507 e. The van der Waals surface area contributed by atoms with Crippen LogP contribution in [0.25, 0.3) is 0 Å². The molecule has 1 amide bonds. The van der Waals surface area contributed by atoms with Gasteiger partial charge in [-0.3, -0.25) is 4.79 Å². The van der Waals surface area contributed by atoms with Crippen LogP contribution in [0, 0.1) is 5.92 Å². The van der Waals surface area contributed by atoms with E-state index in [2.05, 4.69) is 19.6 Å². The molecule has 2 aliphatic rings. The number of ether oxygens (including phenoxy) is 1. The van der Waals surface area contributed by atoms with Crippen molar-refractivity contribution in [3.63, 3.8) is 0 Å². The zero-order chi connectivity index (χ0) is 18.8. The van der Waals surface area contributed by atoms with Crippen molar-refractivity contribution < 1.29 is 19.7 Å². The molecule has 0 aromatic heterocycles. The quantitative estimate of drug-likeness (QED) is 0.813. The molecule has 0 spiro atoms. The first-order valence-corrected chi connectivity index (χ1v) is 9.09. The van der Waals surface area contributed by atoms with Crippen molar-refractivity contribution in [3.05, 3.63) is 47.1 Å². The van der Waals surface area contributed by atoms with E-state index in [9.17, 15) is 15.0 Å². The fourth-order valence-electron chi connectivity index (χ4n) is 3.95. The van der Waals surface area contributed by atoms with Crippen LogP contribution in [0.2, 0.25) is 0 Å². The van der Waals surface area contributed by atoms with Gasteiger partial charge in [-0.05, 0) is 43.9 Å². The Hall–Kier alpha value is -2.27. The summed E-state index contributed by atoms with van der Waals surface area (Å²) in [5, 5.41) is 21.2. The fraction of sp³-hybridized carbons (Fsp3) is 0.476. The van der Waals surface area contributed by atoms with Gasteiger partial charge < -0.3 is 19.8 Å². The lowest BCUT2D eigenvalue weighted by atomic mass is 9.83. The van der Waals surface area contributed by atoms with Crippen LogP contribution in [0.5, 0.6) is 11.5 Å². The molecule has 2 atom stereocenters. The van der Waals surface area contributed by atoms with Crippen molar-refractivity contribution in [2.75, 3.05) is 26.3 Å². The lowest BCUT2D eigenvalue weighted by Crippen LogP contribution is -2.41. The van der Waals surface area contributed by atoms with E-state index in [1.807, 2.05) is 6.92 Å². The van der Waals surface area contributed by atoms with Crippen LogP contribution in [0.3, 0.4) is 0 Å². The van der Waals surface area contributed by atoms with Crippen molar-refractivity contribution in [2.45, 2.75) is 32.6 Å².